The van der Waals surface area contributed by atoms with Gasteiger partial charge in [0.1, 0.15) is 11.9 Å². The van der Waals surface area contributed by atoms with Gasteiger partial charge in [-0.3, -0.25) is 4.99 Å². The molecule has 3 rings (SSSR count). The lowest BCUT2D eigenvalue weighted by Gasteiger charge is -2.32. The summed E-state index contributed by atoms with van der Waals surface area (Å²) in [4.78, 5) is 4.77. The lowest BCUT2D eigenvalue weighted by molar-refractivity contribution is 0.336. The summed E-state index contributed by atoms with van der Waals surface area (Å²) < 4.78 is 13.3. The molecule has 1 heterocycles. The van der Waals surface area contributed by atoms with Crippen LogP contribution in [0, 0.1) is 23.1 Å². The third kappa shape index (κ3) is 2.80. The number of benzene rings is 1. The van der Waals surface area contributed by atoms with Crippen molar-refractivity contribution in [3.05, 3.63) is 29.6 Å². The Morgan fingerprint density at radius 1 is 1.35 bits per heavy atom. The number of fused-ring (bicyclic) bond motifs is 1. The van der Waals surface area contributed by atoms with E-state index in [4.69, 9.17) is 10.3 Å². The molecule has 2 atom stereocenters. The Hall–Kier alpha value is -1.54. The highest BCUT2D eigenvalue weighted by Gasteiger charge is 2.29. The van der Waals surface area contributed by atoms with Crippen LogP contribution in [0.25, 0.3) is 0 Å². The standard InChI is InChI=1S/C15H16FN3S/c16-13-6-5-12(7-11(13)8-17)18-15-19-14-4-2-1-3-10(14)9-20-15/h5-7,10,14H,1-4,9H2,(H,18,19). The monoisotopic (exact) mass is 289 g/mol. The average Bonchev–Trinajstić information content (AvgIpc) is 2.49. The number of rotatable bonds is 1. The van der Waals surface area contributed by atoms with Gasteiger partial charge >= 0.3 is 0 Å². The van der Waals surface area contributed by atoms with Crippen LogP contribution in [0.2, 0.25) is 0 Å². The molecule has 1 aliphatic carbocycles. The lowest BCUT2D eigenvalue weighted by atomic mass is 9.86. The first-order valence-electron chi connectivity index (χ1n) is 6.93. The zero-order valence-electron chi connectivity index (χ0n) is 11.1. The molecule has 2 unspecified atom stereocenters. The van der Waals surface area contributed by atoms with Gasteiger partial charge in [-0.05, 0) is 37.0 Å². The fourth-order valence-corrected chi connectivity index (χ4v) is 3.97. The number of halogens is 1. The Morgan fingerprint density at radius 2 is 2.20 bits per heavy atom. The highest BCUT2D eigenvalue weighted by atomic mass is 32.2. The molecule has 0 aromatic heterocycles. The van der Waals surface area contributed by atoms with Crippen molar-refractivity contribution in [3.8, 4) is 6.07 Å². The largest absolute Gasteiger partial charge is 0.335 e. The summed E-state index contributed by atoms with van der Waals surface area (Å²) in [6.45, 7) is 0. The number of nitriles is 1. The van der Waals surface area contributed by atoms with Gasteiger partial charge in [-0.25, -0.2) is 4.39 Å². The minimum atomic E-state index is -0.483. The van der Waals surface area contributed by atoms with E-state index >= 15 is 0 Å². The highest BCUT2D eigenvalue weighted by Crippen LogP contribution is 2.34. The number of anilines is 1. The molecule has 0 bridgehead atoms. The first kappa shape index (κ1) is 13.4. The van der Waals surface area contributed by atoms with Crippen molar-refractivity contribution in [1.29, 1.82) is 5.26 Å². The van der Waals surface area contributed by atoms with Crippen LogP contribution in [0.15, 0.2) is 23.2 Å². The van der Waals surface area contributed by atoms with Crippen molar-refractivity contribution in [3.63, 3.8) is 0 Å². The van der Waals surface area contributed by atoms with Gasteiger partial charge in [0.15, 0.2) is 5.17 Å². The van der Waals surface area contributed by atoms with Gasteiger partial charge in [-0.15, -0.1) is 0 Å². The van der Waals surface area contributed by atoms with Gasteiger partial charge in [0.05, 0.1) is 11.6 Å². The van der Waals surface area contributed by atoms with Gasteiger partial charge < -0.3 is 5.32 Å². The average molecular weight is 289 g/mol. The smallest absolute Gasteiger partial charge is 0.161 e. The third-order valence-corrected chi connectivity index (χ3v) is 5.00. The Balaban J connectivity index is 1.75. The number of aliphatic imine (C=N–C) groups is 1. The summed E-state index contributed by atoms with van der Waals surface area (Å²) in [5, 5.41) is 13.0. The van der Waals surface area contributed by atoms with E-state index < -0.39 is 5.82 Å². The molecular weight excluding hydrogens is 273 g/mol. The predicted octanol–water partition coefficient (Wildman–Crippen LogP) is 3.77. The molecule has 1 aromatic carbocycles. The first-order chi connectivity index (χ1) is 9.76. The van der Waals surface area contributed by atoms with Crippen LogP contribution >= 0.6 is 11.8 Å². The van der Waals surface area contributed by atoms with Crippen LogP contribution in [-0.2, 0) is 0 Å². The second-order valence-corrected chi connectivity index (χ2v) is 6.30. The summed E-state index contributed by atoms with van der Waals surface area (Å²) in [5.41, 5.74) is 0.787. The van der Waals surface area contributed by atoms with Crippen molar-refractivity contribution in [2.24, 2.45) is 10.9 Å². The van der Waals surface area contributed by atoms with E-state index in [-0.39, 0.29) is 5.56 Å². The van der Waals surface area contributed by atoms with Crippen LogP contribution in [0.5, 0.6) is 0 Å². The maximum Gasteiger partial charge on any atom is 0.161 e. The van der Waals surface area contributed by atoms with Gasteiger partial charge in [0.2, 0.25) is 0 Å². The zero-order valence-corrected chi connectivity index (χ0v) is 11.9. The van der Waals surface area contributed by atoms with Crippen molar-refractivity contribution < 1.29 is 4.39 Å². The molecule has 2 aliphatic rings. The maximum absolute atomic E-state index is 13.3. The van der Waals surface area contributed by atoms with E-state index in [0.29, 0.717) is 12.0 Å². The first-order valence-corrected chi connectivity index (χ1v) is 7.92. The Labute approximate surface area is 122 Å². The van der Waals surface area contributed by atoms with E-state index in [9.17, 15) is 4.39 Å². The minimum absolute atomic E-state index is 0.0620. The second-order valence-electron chi connectivity index (χ2n) is 5.29. The van der Waals surface area contributed by atoms with Crippen molar-refractivity contribution in [1.82, 2.24) is 0 Å². The summed E-state index contributed by atoms with van der Waals surface area (Å²) >= 11 is 1.72. The fraction of sp³-hybridized carbons (Fsp3) is 0.467. The van der Waals surface area contributed by atoms with Gasteiger partial charge in [0, 0.05) is 11.4 Å². The molecule has 0 radical (unpaired) electrons. The number of nitrogens with one attached hydrogen (secondary N) is 1. The molecule has 1 saturated carbocycles. The van der Waals surface area contributed by atoms with E-state index in [1.165, 1.54) is 37.8 Å². The van der Waals surface area contributed by atoms with Crippen molar-refractivity contribution in [2.75, 3.05) is 11.1 Å². The number of nitrogens with zero attached hydrogens (tertiary/aromatic N) is 2. The predicted molar refractivity (Wildman–Crippen MR) is 80.4 cm³/mol. The SMILES string of the molecule is N#Cc1cc(NC2=NC3CCCCC3CS2)ccc1F. The summed E-state index contributed by atoms with van der Waals surface area (Å²) in [7, 11) is 0. The molecule has 1 fully saturated rings. The van der Waals surface area contributed by atoms with Crippen LogP contribution < -0.4 is 5.32 Å². The minimum Gasteiger partial charge on any atom is -0.335 e. The van der Waals surface area contributed by atoms with E-state index in [1.807, 2.05) is 6.07 Å². The number of hydrogen-bond donors (Lipinski definition) is 1. The highest BCUT2D eigenvalue weighted by molar-refractivity contribution is 8.14. The van der Waals surface area contributed by atoms with E-state index in [0.717, 1.165) is 16.6 Å². The van der Waals surface area contributed by atoms with Gasteiger partial charge in [-0.2, -0.15) is 5.26 Å². The molecule has 1 aliphatic heterocycles. The molecule has 0 amide bonds. The Bertz CT molecular complexity index is 579. The van der Waals surface area contributed by atoms with Crippen molar-refractivity contribution in [2.45, 2.75) is 31.7 Å². The number of hydrogen-bond acceptors (Lipinski definition) is 4. The van der Waals surface area contributed by atoms with Crippen LogP contribution in [0.3, 0.4) is 0 Å². The van der Waals surface area contributed by atoms with Crippen LogP contribution in [0.1, 0.15) is 31.2 Å². The summed E-state index contributed by atoms with van der Waals surface area (Å²) in [5.74, 6) is 1.33. The normalized spacial score (nSPS) is 25.3. The molecular formula is C15H16FN3S. The Kier molecular flexibility index (Phi) is 3.93. The van der Waals surface area contributed by atoms with E-state index in [1.54, 1.807) is 17.8 Å². The molecule has 3 nitrogen and oxygen atoms in total. The van der Waals surface area contributed by atoms with E-state index in [2.05, 4.69) is 5.32 Å². The maximum atomic E-state index is 13.3. The third-order valence-electron chi connectivity index (χ3n) is 3.92. The fourth-order valence-electron chi connectivity index (χ4n) is 2.81. The quantitative estimate of drug-likeness (QED) is 0.856. The lowest BCUT2D eigenvalue weighted by Crippen LogP contribution is -2.31. The van der Waals surface area contributed by atoms with Crippen LogP contribution in [0.4, 0.5) is 10.1 Å². The molecule has 1 aromatic rings. The Morgan fingerprint density at radius 3 is 3.05 bits per heavy atom. The van der Waals surface area contributed by atoms with Crippen molar-refractivity contribution >= 4 is 22.6 Å². The van der Waals surface area contributed by atoms with Crippen LogP contribution in [-0.4, -0.2) is 17.0 Å². The molecule has 5 heteroatoms. The zero-order chi connectivity index (χ0) is 13.9. The molecule has 0 saturated heterocycles. The summed E-state index contributed by atoms with van der Waals surface area (Å²) in [6.07, 6.45) is 5.04. The second kappa shape index (κ2) is 5.84. The topological polar surface area (TPSA) is 48.2 Å². The summed E-state index contributed by atoms with van der Waals surface area (Å²) in [6, 6.07) is 6.79. The van der Waals surface area contributed by atoms with Gasteiger partial charge in [0.25, 0.3) is 0 Å². The molecule has 1 N–H and O–H groups in total. The number of amidine groups is 1. The molecule has 0 spiro atoms. The number of thioether (sulfide) groups is 1. The molecule has 20 heavy (non-hydrogen) atoms. The molecule has 104 valence electrons. The van der Waals surface area contributed by atoms with Gasteiger partial charge in [-0.1, -0.05) is 24.6 Å².